The minimum atomic E-state index is -0.347. The molecule has 0 saturated carbocycles. The summed E-state index contributed by atoms with van der Waals surface area (Å²) < 4.78 is 7.14. The number of piperazine rings is 1. The predicted molar refractivity (Wildman–Crippen MR) is 162 cm³/mol. The summed E-state index contributed by atoms with van der Waals surface area (Å²) in [5.41, 5.74) is 2.70. The highest BCUT2D eigenvalue weighted by Crippen LogP contribution is 2.34. The van der Waals surface area contributed by atoms with Crippen LogP contribution in [-0.2, 0) is 16.0 Å². The maximum absolute atomic E-state index is 13.8. The van der Waals surface area contributed by atoms with Gasteiger partial charge in [-0.1, -0.05) is 60.4 Å². The van der Waals surface area contributed by atoms with Gasteiger partial charge in [-0.05, 0) is 50.0 Å². The van der Waals surface area contributed by atoms with Crippen molar-refractivity contribution in [1.82, 2.24) is 19.2 Å². The average Bonchev–Trinajstić information content (AvgIpc) is 3.23. The number of fused-ring (bicyclic) bond motifs is 1. The lowest BCUT2D eigenvalue weighted by Gasteiger charge is -2.35. The summed E-state index contributed by atoms with van der Waals surface area (Å²) in [5.74, 6) is 0.298. The molecule has 5 rings (SSSR count). The number of thioether (sulfide) groups is 1. The van der Waals surface area contributed by atoms with E-state index < -0.39 is 0 Å². The Kier molecular flexibility index (Phi) is 8.51. The molecule has 0 bridgehead atoms. The number of thiocarbonyl (C=S) groups is 1. The Morgan fingerprint density at radius 2 is 1.85 bits per heavy atom. The molecule has 2 aliphatic rings. The first-order valence-corrected chi connectivity index (χ1v) is 14.6. The monoisotopic (exact) mass is 577 g/mol. The van der Waals surface area contributed by atoms with Crippen LogP contribution in [0.15, 0.2) is 58.4 Å². The molecule has 4 heterocycles. The molecule has 2 aliphatic heterocycles. The van der Waals surface area contributed by atoms with E-state index in [0.717, 1.165) is 18.4 Å². The van der Waals surface area contributed by atoms with Gasteiger partial charge in [-0.15, -0.1) is 0 Å². The zero-order chi connectivity index (χ0) is 28.2. The Balaban J connectivity index is 1.43. The molecule has 1 aromatic carbocycles. The van der Waals surface area contributed by atoms with Crippen molar-refractivity contribution in [3.8, 4) is 0 Å². The summed E-state index contributed by atoms with van der Waals surface area (Å²) in [6.07, 6.45) is 4.59. The largest absolute Gasteiger partial charge is 0.450 e. The van der Waals surface area contributed by atoms with Crippen LogP contribution in [0.2, 0.25) is 0 Å². The first-order chi connectivity index (χ1) is 19.4. The second kappa shape index (κ2) is 12.2. The van der Waals surface area contributed by atoms with Gasteiger partial charge in [0.15, 0.2) is 0 Å². The van der Waals surface area contributed by atoms with E-state index >= 15 is 0 Å². The molecule has 2 saturated heterocycles. The van der Waals surface area contributed by atoms with Crippen LogP contribution in [0.3, 0.4) is 0 Å². The van der Waals surface area contributed by atoms with E-state index in [1.165, 1.54) is 21.7 Å². The number of carbonyl (C=O) groups is 2. The molecule has 11 heteroatoms. The van der Waals surface area contributed by atoms with Gasteiger partial charge in [0.25, 0.3) is 11.5 Å². The molecule has 0 atom stereocenters. The third-order valence-corrected chi connectivity index (χ3v) is 8.39. The van der Waals surface area contributed by atoms with Crippen molar-refractivity contribution in [1.29, 1.82) is 0 Å². The zero-order valence-corrected chi connectivity index (χ0v) is 24.2. The summed E-state index contributed by atoms with van der Waals surface area (Å²) in [5, 5.41) is 0. The van der Waals surface area contributed by atoms with Crippen molar-refractivity contribution < 1.29 is 14.3 Å². The number of nitrogens with zero attached hydrogens (tertiary/aromatic N) is 5. The predicted octanol–water partition coefficient (Wildman–Crippen LogP) is 4.12. The number of hydrogen-bond donors (Lipinski definition) is 0. The van der Waals surface area contributed by atoms with E-state index in [2.05, 4.69) is 12.1 Å². The van der Waals surface area contributed by atoms with Gasteiger partial charge >= 0.3 is 6.09 Å². The van der Waals surface area contributed by atoms with Crippen LogP contribution >= 0.6 is 24.0 Å². The molecule has 40 heavy (non-hydrogen) atoms. The highest BCUT2D eigenvalue weighted by Gasteiger charge is 2.33. The molecule has 9 nitrogen and oxygen atoms in total. The molecule has 208 valence electrons. The van der Waals surface area contributed by atoms with Gasteiger partial charge in [0.2, 0.25) is 0 Å². The van der Waals surface area contributed by atoms with Crippen molar-refractivity contribution in [3.05, 3.63) is 80.6 Å². The second-order valence-electron chi connectivity index (χ2n) is 9.63. The summed E-state index contributed by atoms with van der Waals surface area (Å²) in [4.78, 5) is 50.0. The number of carbonyl (C=O) groups excluding carboxylic acids is 2. The van der Waals surface area contributed by atoms with Crippen LogP contribution in [0.1, 0.15) is 30.0 Å². The maximum Gasteiger partial charge on any atom is 0.409 e. The zero-order valence-electron chi connectivity index (χ0n) is 22.5. The molecule has 2 fully saturated rings. The lowest BCUT2D eigenvalue weighted by atomic mass is 10.1. The van der Waals surface area contributed by atoms with Crippen molar-refractivity contribution >= 4 is 57.8 Å². The van der Waals surface area contributed by atoms with Crippen LogP contribution in [0.25, 0.3) is 11.7 Å². The third-order valence-electron chi connectivity index (χ3n) is 7.01. The van der Waals surface area contributed by atoms with Crippen molar-refractivity contribution in [2.45, 2.75) is 26.7 Å². The number of aromatic nitrogens is 2. The maximum atomic E-state index is 13.8. The molecule has 3 aromatic rings. The van der Waals surface area contributed by atoms with Gasteiger partial charge < -0.3 is 14.5 Å². The van der Waals surface area contributed by atoms with E-state index in [1.54, 1.807) is 35.1 Å². The minimum absolute atomic E-state index is 0.199. The lowest BCUT2D eigenvalue weighted by molar-refractivity contribution is -0.122. The molecule has 0 radical (unpaired) electrons. The Labute approximate surface area is 242 Å². The molecule has 2 aromatic heterocycles. The number of amides is 2. The number of pyridine rings is 1. The van der Waals surface area contributed by atoms with Crippen molar-refractivity contribution in [3.63, 3.8) is 0 Å². The fourth-order valence-corrected chi connectivity index (χ4v) is 6.18. The van der Waals surface area contributed by atoms with Gasteiger partial charge in [0.05, 0.1) is 17.1 Å². The fraction of sp³-hybridized carbons (Fsp3) is 0.345. The molecule has 2 amide bonds. The minimum Gasteiger partial charge on any atom is -0.450 e. The summed E-state index contributed by atoms with van der Waals surface area (Å²) >= 11 is 6.76. The van der Waals surface area contributed by atoms with Crippen LogP contribution < -0.4 is 10.5 Å². The van der Waals surface area contributed by atoms with Crippen LogP contribution in [0.4, 0.5) is 10.6 Å². The van der Waals surface area contributed by atoms with Gasteiger partial charge in [0, 0.05) is 38.9 Å². The second-order valence-corrected chi connectivity index (χ2v) is 11.3. The number of ether oxygens (including phenoxy) is 1. The highest BCUT2D eigenvalue weighted by molar-refractivity contribution is 8.26. The average molecular weight is 578 g/mol. The summed E-state index contributed by atoms with van der Waals surface area (Å²) in [6, 6.07) is 13.8. The molecule has 0 spiro atoms. The van der Waals surface area contributed by atoms with E-state index in [1.807, 2.05) is 36.1 Å². The first-order valence-electron chi connectivity index (χ1n) is 13.3. The van der Waals surface area contributed by atoms with E-state index in [4.69, 9.17) is 21.9 Å². The Morgan fingerprint density at radius 3 is 2.58 bits per heavy atom. The van der Waals surface area contributed by atoms with Gasteiger partial charge in [-0.3, -0.25) is 18.9 Å². The normalized spacial score (nSPS) is 16.9. The lowest BCUT2D eigenvalue weighted by Crippen LogP contribution is -2.49. The molecular formula is C29H31N5O4S2. The Bertz CT molecular complexity index is 1530. The van der Waals surface area contributed by atoms with E-state index in [0.29, 0.717) is 65.6 Å². The summed E-state index contributed by atoms with van der Waals surface area (Å²) in [7, 11) is 0. The van der Waals surface area contributed by atoms with Crippen molar-refractivity contribution in [2.24, 2.45) is 0 Å². The number of benzene rings is 1. The quantitative estimate of drug-likeness (QED) is 0.306. The molecule has 0 unspecified atom stereocenters. The topological polar surface area (TPSA) is 87.5 Å². The van der Waals surface area contributed by atoms with Gasteiger partial charge in [-0.25, -0.2) is 9.78 Å². The van der Waals surface area contributed by atoms with Gasteiger partial charge in [0.1, 0.15) is 15.8 Å². The summed E-state index contributed by atoms with van der Waals surface area (Å²) in [6.45, 7) is 6.35. The van der Waals surface area contributed by atoms with E-state index in [9.17, 15) is 14.4 Å². The molecular weight excluding hydrogens is 546 g/mol. The molecule has 0 N–H and O–H groups in total. The fourth-order valence-electron chi connectivity index (χ4n) is 4.89. The Morgan fingerprint density at radius 1 is 1.10 bits per heavy atom. The van der Waals surface area contributed by atoms with Gasteiger partial charge in [-0.2, -0.15) is 0 Å². The number of hydrogen-bond acceptors (Lipinski definition) is 8. The highest BCUT2D eigenvalue weighted by atomic mass is 32.2. The Hall–Kier alpha value is -3.70. The smallest absolute Gasteiger partial charge is 0.409 e. The van der Waals surface area contributed by atoms with Crippen molar-refractivity contribution in [2.75, 3.05) is 44.2 Å². The number of rotatable bonds is 7. The number of anilines is 1. The first kappa shape index (κ1) is 27.9. The van der Waals surface area contributed by atoms with E-state index in [-0.39, 0.29) is 17.6 Å². The standard InChI is InChI=1S/C29H31N5O4S2/c1-3-38-28(37)32-17-15-31(16-18-32)25-22(26(35)33-13-7-9-20(2)24(33)30-25)19-23-27(36)34(29(39)40-23)14-8-12-21-10-5-4-6-11-21/h4-7,9-11,13,19H,3,8,12,14-18H2,1-2H3/b23-19-. The van der Waals surface area contributed by atoms with Crippen LogP contribution in [0, 0.1) is 6.92 Å². The number of aryl methyl sites for hydroxylation is 2. The third kappa shape index (κ3) is 5.75. The van der Waals surface area contributed by atoms with Crippen LogP contribution in [-0.4, -0.2) is 74.8 Å². The molecule has 0 aliphatic carbocycles. The SMILES string of the molecule is CCOC(=O)N1CCN(c2nc3c(C)cccn3c(=O)c2/C=C2\SC(=S)N(CCCc3ccccc3)C2=O)CC1. The van der Waals surface area contributed by atoms with Crippen LogP contribution in [0.5, 0.6) is 0 Å².